The summed E-state index contributed by atoms with van der Waals surface area (Å²) in [5.74, 6) is -1.10. The highest BCUT2D eigenvalue weighted by molar-refractivity contribution is 9.13. The molecule has 1 heterocycles. The van der Waals surface area contributed by atoms with E-state index in [4.69, 9.17) is 0 Å². The maximum Gasteiger partial charge on any atom is 0.299 e. The van der Waals surface area contributed by atoms with Crippen molar-refractivity contribution in [3.63, 3.8) is 0 Å². The van der Waals surface area contributed by atoms with Crippen molar-refractivity contribution in [3.8, 4) is 0 Å². The number of rotatable bonds is 1. The van der Waals surface area contributed by atoms with E-state index in [1.54, 1.807) is 0 Å². The van der Waals surface area contributed by atoms with Gasteiger partial charge in [0.2, 0.25) is 5.91 Å². The Kier molecular flexibility index (Phi) is 3.35. The summed E-state index contributed by atoms with van der Waals surface area (Å²) in [5, 5.41) is 15.8. The fraction of sp³-hybridized carbons (Fsp3) is 0.111. The molecule has 0 aromatic heterocycles. The molecule has 2 rings (SSSR count). The third kappa shape index (κ3) is 2.10. The first kappa shape index (κ1) is 13.0. The van der Waals surface area contributed by atoms with E-state index in [9.17, 15) is 19.7 Å². The number of anilines is 1. The molecule has 1 aromatic rings. The van der Waals surface area contributed by atoms with Crippen molar-refractivity contribution in [2.45, 2.75) is 0 Å². The molecule has 1 aliphatic heterocycles. The second-order valence-electron chi connectivity index (χ2n) is 3.43. The van der Waals surface area contributed by atoms with Gasteiger partial charge in [0.1, 0.15) is 10.0 Å². The first-order valence-electron chi connectivity index (χ1n) is 4.66. The van der Waals surface area contributed by atoms with Crippen LogP contribution in [0.25, 0.3) is 0 Å². The first-order chi connectivity index (χ1) is 8.41. The van der Waals surface area contributed by atoms with Gasteiger partial charge in [0.15, 0.2) is 0 Å². The van der Waals surface area contributed by atoms with Gasteiger partial charge in [-0.05, 0) is 37.9 Å². The van der Waals surface area contributed by atoms with Gasteiger partial charge in [-0.1, -0.05) is 0 Å². The molecule has 1 aromatic carbocycles. The Morgan fingerprint density at radius 1 is 1.33 bits per heavy atom. The molecule has 7 nitrogen and oxygen atoms in total. The normalized spacial score (nSPS) is 14.3. The highest BCUT2D eigenvalue weighted by atomic mass is 79.9. The number of carbonyl (C=O) groups is 2. The molecule has 0 spiro atoms. The highest BCUT2D eigenvalue weighted by Gasteiger charge is 2.32. The molecule has 2 amide bonds. The lowest BCUT2D eigenvalue weighted by Crippen LogP contribution is -2.28. The van der Waals surface area contributed by atoms with Crippen LogP contribution in [0.1, 0.15) is 10.4 Å². The van der Waals surface area contributed by atoms with Crippen LogP contribution >= 0.6 is 31.9 Å². The van der Waals surface area contributed by atoms with Gasteiger partial charge in [0.25, 0.3) is 11.6 Å². The average Bonchev–Trinajstić information content (AvgIpc) is 2.41. The van der Waals surface area contributed by atoms with Crippen LogP contribution in [0.5, 0.6) is 0 Å². The van der Waals surface area contributed by atoms with Crippen LogP contribution in [0.15, 0.2) is 15.0 Å². The van der Waals surface area contributed by atoms with Gasteiger partial charge in [-0.3, -0.25) is 19.7 Å². The fourth-order valence-corrected chi connectivity index (χ4v) is 2.43. The summed E-state index contributed by atoms with van der Waals surface area (Å²) >= 11 is 6.17. The van der Waals surface area contributed by atoms with E-state index >= 15 is 0 Å². The summed E-state index contributed by atoms with van der Waals surface area (Å²) < 4.78 is 0.528. The molecule has 0 saturated carbocycles. The molecule has 94 valence electrons. The largest absolute Gasteiger partial charge is 0.343 e. The highest BCUT2D eigenvalue weighted by Crippen LogP contribution is 2.40. The number of nitro benzene ring substituents is 1. The summed E-state index contributed by atoms with van der Waals surface area (Å²) in [6, 6.07) is 1.44. The molecular formula is C9H5Br2N3O4. The summed E-state index contributed by atoms with van der Waals surface area (Å²) in [7, 11) is 0. The quantitative estimate of drug-likeness (QED) is 0.574. The molecule has 0 radical (unpaired) electrons. The van der Waals surface area contributed by atoms with E-state index in [0.29, 0.717) is 4.47 Å². The summed E-state index contributed by atoms with van der Waals surface area (Å²) in [4.78, 5) is 33.5. The fourth-order valence-electron chi connectivity index (χ4n) is 1.56. The minimum atomic E-state index is -0.676. The van der Waals surface area contributed by atoms with Crippen molar-refractivity contribution in [2.75, 3.05) is 11.9 Å². The van der Waals surface area contributed by atoms with Crippen LogP contribution in [0, 0.1) is 10.1 Å². The molecule has 9 heteroatoms. The SMILES string of the molecule is O=C1CNC(=O)c2c(cc(Br)c(Br)c2[N+](=O)[O-])N1. The number of nitrogens with one attached hydrogen (secondary N) is 2. The number of halogens is 2. The average molecular weight is 379 g/mol. The van der Waals surface area contributed by atoms with Crippen molar-refractivity contribution in [3.05, 3.63) is 30.7 Å². The molecule has 2 N–H and O–H groups in total. The Labute approximate surface area is 117 Å². The number of carbonyl (C=O) groups excluding carboxylic acids is 2. The minimum absolute atomic E-state index is 0.108. The molecule has 0 fully saturated rings. The van der Waals surface area contributed by atoms with Crippen molar-refractivity contribution in [2.24, 2.45) is 0 Å². The second kappa shape index (κ2) is 4.65. The maximum atomic E-state index is 11.8. The van der Waals surface area contributed by atoms with Crippen molar-refractivity contribution in [1.82, 2.24) is 5.32 Å². The Bertz CT molecular complexity index is 588. The van der Waals surface area contributed by atoms with E-state index in [1.807, 2.05) is 0 Å². The van der Waals surface area contributed by atoms with E-state index in [1.165, 1.54) is 6.07 Å². The molecule has 0 saturated heterocycles. The predicted molar refractivity (Wildman–Crippen MR) is 69.5 cm³/mol. The lowest BCUT2D eigenvalue weighted by molar-refractivity contribution is -0.385. The van der Waals surface area contributed by atoms with Crippen molar-refractivity contribution < 1.29 is 14.5 Å². The topological polar surface area (TPSA) is 101 Å². The monoisotopic (exact) mass is 377 g/mol. The second-order valence-corrected chi connectivity index (χ2v) is 5.08. The zero-order valence-corrected chi connectivity index (χ0v) is 11.8. The smallest absolute Gasteiger partial charge is 0.299 e. The van der Waals surface area contributed by atoms with Gasteiger partial charge in [-0.25, -0.2) is 0 Å². The standard InChI is InChI=1S/C9H5Br2N3O4/c10-3-1-4-6(8(7(3)11)14(17)18)9(16)12-2-5(15)13-4/h1H,2H2,(H,12,16)(H,13,15). The maximum absolute atomic E-state index is 11.8. The Hall–Kier alpha value is -1.48. The van der Waals surface area contributed by atoms with Crippen LogP contribution in [-0.4, -0.2) is 23.3 Å². The third-order valence-corrected chi connectivity index (χ3v) is 4.25. The number of hydrogen-bond donors (Lipinski definition) is 2. The zero-order valence-electron chi connectivity index (χ0n) is 8.62. The van der Waals surface area contributed by atoms with E-state index < -0.39 is 16.7 Å². The number of nitrogens with zero attached hydrogens (tertiary/aromatic N) is 1. The molecule has 1 aliphatic rings. The number of fused-ring (bicyclic) bond motifs is 1. The lowest BCUT2D eigenvalue weighted by Gasteiger charge is -2.08. The van der Waals surface area contributed by atoms with Crippen LogP contribution in [-0.2, 0) is 4.79 Å². The first-order valence-corrected chi connectivity index (χ1v) is 6.25. The Morgan fingerprint density at radius 3 is 2.61 bits per heavy atom. The van der Waals surface area contributed by atoms with E-state index in [-0.39, 0.29) is 28.0 Å². The minimum Gasteiger partial charge on any atom is -0.343 e. The summed E-state index contributed by atoms with van der Waals surface area (Å²) in [5.41, 5.74) is -0.447. The van der Waals surface area contributed by atoms with E-state index in [0.717, 1.165) is 0 Å². The predicted octanol–water partition coefficient (Wildman–Crippen LogP) is 1.80. The molecule has 0 unspecified atom stereocenters. The number of nitro groups is 1. The van der Waals surface area contributed by atoms with Gasteiger partial charge in [0.05, 0.1) is 17.2 Å². The van der Waals surface area contributed by atoms with E-state index in [2.05, 4.69) is 42.5 Å². The van der Waals surface area contributed by atoms with Gasteiger partial charge in [0, 0.05) is 4.47 Å². The van der Waals surface area contributed by atoms with Gasteiger partial charge < -0.3 is 10.6 Å². The third-order valence-electron chi connectivity index (χ3n) is 2.29. The molecule has 0 atom stereocenters. The molecular weight excluding hydrogens is 374 g/mol. The van der Waals surface area contributed by atoms with Gasteiger partial charge in [-0.15, -0.1) is 0 Å². The molecule has 0 aliphatic carbocycles. The van der Waals surface area contributed by atoms with Gasteiger partial charge in [-0.2, -0.15) is 0 Å². The Morgan fingerprint density at radius 2 is 2.00 bits per heavy atom. The van der Waals surface area contributed by atoms with Crippen LogP contribution in [0.3, 0.4) is 0 Å². The Balaban J connectivity index is 2.78. The van der Waals surface area contributed by atoms with Crippen molar-refractivity contribution in [1.29, 1.82) is 0 Å². The van der Waals surface area contributed by atoms with Gasteiger partial charge >= 0.3 is 0 Å². The molecule has 0 bridgehead atoms. The van der Waals surface area contributed by atoms with Crippen molar-refractivity contribution >= 4 is 55.0 Å². The number of amides is 2. The molecule has 18 heavy (non-hydrogen) atoms. The van der Waals surface area contributed by atoms with Crippen LogP contribution < -0.4 is 10.6 Å². The summed E-state index contributed by atoms with van der Waals surface area (Å²) in [6.45, 7) is -0.222. The zero-order chi connectivity index (χ0) is 13.4. The lowest BCUT2D eigenvalue weighted by atomic mass is 10.1. The van der Waals surface area contributed by atoms with Crippen LogP contribution in [0.4, 0.5) is 11.4 Å². The number of hydrogen-bond acceptors (Lipinski definition) is 4. The number of benzene rings is 1. The summed E-state index contributed by atoms with van der Waals surface area (Å²) in [6.07, 6.45) is 0. The van der Waals surface area contributed by atoms with Crippen LogP contribution in [0.2, 0.25) is 0 Å².